The summed E-state index contributed by atoms with van der Waals surface area (Å²) < 4.78 is 5.59. The smallest absolute Gasteiger partial charge is 0.232 e. The number of benzene rings is 1. The van der Waals surface area contributed by atoms with E-state index in [0.29, 0.717) is 0 Å². The van der Waals surface area contributed by atoms with E-state index in [2.05, 4.69) is 11.4 Å². The van der Waals surface area contributed by atoms with E-state index >= 15 is 0 Å². The first-order valence-electron chi connectivity index (χ1n) is 6.50. The Hall–Kier alpha value is -1.55. The van der Waals surface area contributed by atoms with Crippen molar-refractivity contribution >= 4 is 11.6 Å². The molecule has 0 saturated carbocycles. The van der Waals surface area contributed by atoms with E-state index in [1.807, 2.05) is 19.2 Å². The number of fused-ring (bicyclic) bond motifs is 1. The van der Waals surface area contributed by atoms with E-state index in [4.69, 9.17) is 4.74 Å². The van der Waals surface area contributed by atoms with E-state index in [9.17, 15) is 4.79 Å². The maximum atomic E-state index is 12.1. The molecule has 0 unspecified atom stereocenters. The van der Waals surface area contributed by atoms with Crippen molar-refractivity contribution in [1.82, 2.24) is 5.32 Å². The number of carbonyl (C=O) groups excluding carboxylic acids is 1. The molecule has 1 amide bonds. The predicted molar refractivity (Wildman–Crippen MR) is 70.0 cm³/mol. The van der Waals surface area contributed by atoms with Gasteiger partial charge in [0.1, 0.15) is 5.75 Å². The molecule has 0 aliphatic carbocycles. The highest BCUT2D eigenvalue weighted by Crippen LogP contribution is 2.29. The Morgan fingerprint density at radius 2 is 2.28 bits per heavy atom. The minimum atomic E-state index is 0.141. The van der Waals surface area contributed by atoms with Crippen LogP contribution in [0.15, 0.2) is 18.2 Å². The average Bonchev–Trinajstić information content (AvgIpc) is 2.35. The summed E-state index contributed by atoms with van der Waals surface area (Å²) >= 11 is 0. The van der Waals surface area contributed by atoms with Crippen LogP contribution in [-0.2, 0) is 11.2 Å². The van der Waals surface area contributed by atoms with Crippen molar-refractivity contribution in [2.75, 3.05) is 31.6 Å². The van der Waals surface area contributed by atoms with Gasteiger partial charge in [0, 0.05) is 25.8 Å². The number of hydrogen-bond donors (Lipinski definition) is 1. The molecule has 1 aromatic rings. The topological polar surface area (TPSA) is 41.6 Å². The number of carbonyl (C=O) groups is 1. The second kappa shape index (κ2) is 4.61. The number of amides is 1. The summed E-state index contributed by atoms with van der Waals surface area (Å²) in [6.07, 6.45) is 2.09. The number of aryl methyl sites for hydroxylation is 1. The van der Waals surface area contributed by atoms with Crippen molar-refractivity contribution < 1.29 is 9.53 Å². The highest BCUT2D eigenvalue weighted by atomic mass is 16.5. The van der Waals surface area contributed by atoms with Crippen LogP contribution in [0.5, 0.6) is 5.75 Å². The summed E-state index contributed by atoms with van der Waals surface area (Å²) in [6, 6.07) is 6.03. The third kappa shape index (κ3) is 1.97. The summed E-state index contributed by atoms with van der Waals surface area (Å²) in [5.74, 6) is 1.31. The van der Waals surface area contributed by atoms with Gasteiger partial charge in [0.2, 0.25) is 5.91 Å². The normalized spacial score (nSPS) is 18.5. The Bertz CT molecular complexity index is 469. The van der Waals surface area contributed by atoms with Gasteiger partial charge in [-0.2, -0.15) is 0 Å². The van der Waals surface area contributed by atoms with Crippen molar-refractivity contribution in [3.05, 3.63) is 23.8 Å². The van der Waals surface area contributed by atoms with Gasteiger partial charge in [0.15, 0.2) is 0 Å². The maximum Gasteiger partial charge on any atom is 0.232 e. The molecule has 3 rings (SSSR count). The van der Waals surface area contributed by atoms with Crippen LogP contribution in [0.1, 0.15) is 12.0 Å². The minimum absolute atomic E-state index is 0.141. The van der Waals surface area contributed by atoms with E-state index < -0.39 is 0 Å². The molecule has 0 spiro atoms. The molecule has 0 radical (unpaired) electrons. The minimum Gasteiger partial charge on any atom is -0.493 e. The van der Waals surface area contributed by atoms with Crippen molar-refractivity contribution in [1.29, 1.82) is 0 Å². The van der Waals surface area contributed by atoms with Gasteiger partial charge < -0.3 is 15.0 Å². The Morgan fingerprint density at radius 3 is 3.00 bits per heavy atom. The number of nitrogens with zero attached hydrogens (tertiary/aromatic N) is 1. The molecule has 1 aromatic carbocycles. The Kier molecular flexibility index (Phi) is 2.96. The Morgan fingerprint density at radius 1 is 1.44 bits per heavy atom. The molecule has 18 heavy (non-hydrogen) atoms. The van der Waals surface area contributed by atoms with Crippen LogP contribution < -0.4 is 15.0 Å². The lowest BCUT2D eigenvalue weighted by molar-refractivity contribution is -0.123. The standard InChI is InChI=1S/C14H18N2O2/c1-16(14(17)11-8-15-9-11)12-4-5-13-10(7-12)3-2-6-18-13/h4-5,7,11,15H,2-3,6,8-9H2,1H3. The van der Waals surface area contributed by atoms with Crippen molar-refractivity contribution in [3.8, 4) is 5.75 Å². The van der Waals surface area contributed by atoms with Gasteiger partial charge in [-0.1, -0.05) is 0 Å². The molecule has 0 atom stereocenters. The number of ether oxygens (including phenoxy) is 1. The lowest BCUT2D eigenvalue weighted by atomic mass is 10.0. The summed E-state index contributed by atoms with van der Waals surface area (Å²) in [4.78, 5) is 13.9. The fourth-order valence-corrected chi connectivity index (χ4v) is 2.42. The van der Waals surface area contributed by atoms with Crippen LogP contribution in [0.25, 0.3) is 0 Å². The van der Waals surface area contributed by atoms with Crippen LogP contribution in [0.2, 0.25) is 0 Å². The third-order valence-corrected chi connectivity index (χ3v) is 3.74. The Labute approximate surface area is 107 Å². The summed E-state index contributed by atoms with van der Waals surface area (Å²) in [5, 5.41) is 3.13. The largest absolute Gasteiger partial charge is 0.493 e. The fourth-order valence-electron chi connectivity index (χ4n) is 2.42. The van der Waals surface area contributed by atoms with Crippen LogP contribution >= 0.6 is 0 Å². The van der Waals surface area contributed by atoms with Gasteiger partial charge in [0.25, 0.3) is 0 Å². The van der Waals surface area contributed by atoms with E-state index in [1.165, 1.54) is 5.56 Å². The van der Waals surface area contributed by atoms with Gasteiger partial charge >= 0.3 is 0 Å². The van der Waals surface area contributed by atoms with Crippen LogP contribution in [-0.4, -0.2) is 32.7 Å². The van der Waals surface area contributed by atoms with E-state index in [0.717, 1.165) is 44.0 Å². The molecule has 1 fully saturated rings. The van der Waals surface area contributed by atoms with Crippen LogP contribution in [0.4, 0.5) is 5.69 Å². The lowest BCUT2D eigenvalue weighted by Gasteiger charge is -2.30. The average molecular weight is 246 g/mol. The van der Waals surface area contributed by atoms with Crippen molar-refractivity contribution in [3.63, 3.8) is 0 Å². The second-order valence-electron chi connectivity index (χ2n) is 5.00. The summed E-state index contributed by atoms with van der Waals surface area (Å²) in [7, 11) is 1.85. The highest BCUT2D eigenvalue weighted by molar-refractivity contribution is 5.95. The first kappa shape index (κ1) is 11.5. The summed E-state index contributed by atoms with van der Waals surface area (Å²) in [5.41, 5.74) is 2.18. The monoisotopic (exact) mass is 246 g/mol. The van der Waals surface area contributed by atoms with Crippen LogP contribution in [0, 0.1) is 5.92 Å². The first-order chi connectivity index (χ1) is 8.75. The molecular formula is C14H18N2O2. The predicted octanol–water partition coefficient (Wildman–Crippen LogP) is 1.19. The highest BCUT2D eigenvalue weighted by Gasteiger charge is 2.28. The van der Waals surface area contributed by atoms with E-state index in [1.54, 1.807) is 4.90 Å². The second-order valence-corrected chi connectivity index (χ2v) is 5.00. The molecule has 1 saturated heterocycles. The van der Waals surface area contributed by atoms with Gasteiger partial charge in [-0.05, 0) is 36.6 Å². The zero-order chi connectivity index (χ0) is 12.5. The molecule has 2 heterocycles. The molecule has 2 aliphatic heterocycles. The zero-order valence-corrected chi connectivity index (χ0v) is 10.6. The maximum absolute atomic E-state index is 12.1. The van der Waals surface area contributed by atoms with E-state index in [-0.39, 0.29) is 11.8 Å². The third-order valence-electron chi connectivity index (χ3n) is 3.74. The number of nitrogens with one attached hydrogen (secondary N) is 1. The quantitative estimate of drug-likeness (QED) is 0.852. The molecule has 0 bridgehead atoms. The number of anilines is 1. The van der Waals surface area contributed by atoms with Crippen molar-refractivity contribution in [2.24, 2.45) is 5.92 Å². The Balaban J connectivity index is 1.80. The summed E-state index contributed by atoms with van der Waals surface area (Å²) in [6.45, 7) is 2.41. The molecule has 1 N–H and O–H groups in total. The molecule has 2 aliphatic rings. The van der Waals surface area contributed by atoms with Gasteiger partial charge in [-0.3, -0.25) is 4.79 Å². The molecular weight excluding hydrogens is 228 g/mol. The van der Waals surface area contributed by atoms with Gasteiger partial charge in [-0.15, -0.1) is 0 Å². The SMILES string of the molecule is CN(C(=O)C1CNC1)c1ccc2c(c1)CCCO2. The van der Waals surface area contributed by atoms with Gasteiger partial charge in [-0.25, -0.2) is 0 Å². The van der Waals surface area contributed by atoms with Gasteiger partial charge in [0.05, 0.1) is 12.5 Å². The zero-order valence-electron chi connectivity index (χ0n) is 10.6. The van der Waals surface area contributed by atoms with Crippen LogP contribution in [0.3, 0.4) is 0 Å². The molecule has 4 nitrogen and oxygen atoms in total. The number of hydrogen-bond acceptors (Lipinski definition) is 3. The molecule has 96 valence electrons. The lowest BCUT2D eigenvalue weighted by Crippen LogP contribution is -2.51. The molecule has 0 aromatic heterocycles. The fraction of sp³-hybridized carbons (Fsp3) is 0.500. The molecule has 4 heteroatoms. The van der Waals surface area contributed by atoms with Crippen molar-refractivity contribution in [2.45, 2.75) is 12.8 Å². The first-order valence-corrected chi connectivity index (χ1v) is 6.50. The number of rotatable bonds is 2.